The highest BCUT2D eigenvalue weighted by atomic mass is 16.2. The summed E-state index contributed by atoms with van der Waals surface area (Å²) in [6.45, 7) is 8.28. The smallest absolute Gasteiger partial charge is 0.253 e. The van der Waals surface area contributed by atoms with Crippen molar-refractivity contribution in [3.63, 3.8) is 0 Å². The van der Waals surface area contributed by atoms with Gasteiger partial charge in [-0.1, -0.05) is 26.0 Å². The van der Waals surface area contributed by atoms with Gasteiger partial charge in [0.1, 0.15) is 6.04 Å². The predicted octanol–water partition coefficient (Wildman–Crippen LogP) is 2.20. The minimum absolute atomic E-state index is 0.00570. The molecule has 1 aliphatic rings. The molecule has 1 atom stereocenters. The lowest BCUT2D eigenvalue weighted by Crippen LogP contribution is -2.52. The van der Waals surface area contributed by atoms with Crippen molar-refractivity contribution in [2.24, 2.45) is 5.92 Å². The maximum atomic E-state index is 12.5. The van der Waals surface area contributed by atoms with Crippen molar-refractivity contribution in [1.82, 2.24) is 9.80 Å². The molecule has 1 saturated heterocycles. The van der Waals surface area contributed by atoms with Crippen LogP contribution in [0, 0.1) is 17.2 Å². The number of ketones is 1. The zero-order valence-corrected chi connectivity index (χ0v) is 14.0. The lowest BCUT2D eigenvalue weighted by atomic mass is 10.0. The monoisotopic (exact) mass is 313 g/mol. The third-order valence-electron chi connectivity index (χ3n) is 4.30. The van der Waals surface area contributed by atoms with Crippen LogP contribution in [-0.2, 0) is 0 Å². The van der Waals surface area contributed by atoms with Crippen LogP contribution in [0.3, 0.4) is 0 Å². The molecule has 2 rings (SSSR count). The van der Waals surface area contributed by atoms with Gasteiger partial charge in [0.25, 0.3) is 5.91 Å². The van der Waals surface area contributed by atoms with Crippen molar-refractivity contribution >= 4 is 11.7 Å². The number of hydrogen-bond donors (Lipinski definition) is 0. The Balaban J connectivity index is 1.98. The summed E-state index contributed by atoms with van der Waals surface area (Å²) < 4.78 is 0. The second-order valence-electron chi connectivity index (χ2n) is 6.28. The molecule has 23 heavy (non-hydrogen) atoms. The first-order valence-corrected chi connectivity index (χ1v) is 7.98. The Morgan fingerprint density at radius 3 is 2.00 bits per heavy atom. The van der Waals surface area contributed by atoms with Gasteiger partial charge in [-0.2, -0.15) is 5.26 Å². The van der Waals surface area contributed by atoms with Crippen LogP contribution in [0.5, 0.6) is 0 Å². The number of nitriles is 1. The molecule has 122 valence electrons. The zero-order chi connectivity index (χ0) is 17.0. The maximum absolute atomic E-state index is 12.5. The molecule has 5 nitrogen and oxygen atoms in total. The molecule has 0 N–H and O–H groups in total. The zero-order valence-electron chi connectivity index (χ0n) is 14.0. The van der Waals surface area contributed by atoms with Crippen LogP contribution in [0.4, 0.5) is 0 Å². The normalized spacial score (nSPS) is 16.9. The molecule has 1 heterocycles. The second kappa shape index (κ2) is 7.38. The van der Waals surface area contributed by atoms with E-state index in [0.717, 1.165) is 0 Å². The van der Waals surface area contributed by atoms with Crippen molar-refractivity contribution in [2.75, 3.05) is 26.2 Å². The van der Waals surface area contributed by atoms with Gasteiger partial charge < -0.3 is 4.90 Å². The molecule has 1 aromatic carbocycles. The minimum Gasteiger partial charge on any atom is -0.336 e. The summed E-state index contributed by atoms with van der Waals surface area (Å²) in [5.74, 6) is 0.257. The average Bonchev–Trinajstić information content (AvgIpc) is 2.55. The summed E-state index contributed by atoms with van der Waals surface area (Å²) >= 11 is 0. The molecular weight excluding hydrogens is 290 g/mol. The highest BCUT2D eigenvalue weighted by Crippen LogP contribution is 2.15. The van der Waals surface area contributed by atoms with Crippen molar-refractivity contribution in [3.8, 4) is 6.07 Å². The van der Waals surface area contributed by atoms with Crippen LogP contribution in [0.15, 0.2) is 24.3 Å². The third kappa shape index (κ3) is 3.96. The second-order valence-corrected chi connectivity index (χ2v) is 6.28. The summed E-state index contributed by atoms with van der Waals surface area (Å²) in [6.07, 6.45) is 0. The molecule has 0 radical (unpaired) electrons. The van der Waals surface area contributed by atoms with E-state index in [4.69, 9.17) is 0 Å². The number of amides is 1. The van der Waals surface area contributed by atoms with E-state index < -0.39 is 0 Å². The Morgan fingerprint density at radius 2 is 1.57 bits per heavy atom. The highest BCUT2D eigenvalue weighted by molar-refractivity contribution is 5.97. The number of carbonyl (C=O) groups is 2. The van der Waals surface area contributed by atoms with Crippen LogP contribution in [0.25, 0.3) is 0 Å². The number of rotatable bonds is 4. The number of benzene rings is 1. The molecule has 1 fully saturated rings. The summed E-state index contributed by atoms with van der Waals surface area (Å²) in [4.78, 5) is 27.8. The van der Waals surface area contributed by atoms with E-state index in [2.05, 4.69) is 11.0 Å². The van der Waals surface area contributed by atoms with Crippen LogP contribution < -0.4 is 0 Å². The number of hydrogen-bond acceptors (Lipinski definition) is 4. The van der Waals surface area contributed by atoms with Gasteiger partial charge in [-0.05, 0) is 25.0 Å². The van der Waals surface area contributed by atoms with E-state index >= 15 is 0 Å². The standard InChI is InChI=1S/C18H23N3O2/c1-13(2)17(12-19)20-8-10-21(11-9-20)18(23)16-6-4-15(5-7-16)14(3)22/h4-7,13,17H,8-11H2,1-3H3. The number of piperazine rings is 1. The Hall–Kier alpha value is -2.19. The molecule has 1 amide bonds. The number of Topliss-reactive ketones (excluding diaryl/α,β-unsaturated/α-hetero) is 1. The molecule has 1 aliphatic heterocycles. The molecule has 0 aromatic heterocycles. The topological polar surface area (TPSA) is 64.4 Å². The average molecular weight is 313 g/mol. The van der Waals surface area contributed by atoms with Crippen LogP contribution in [-0.4, -0.2) is 53.7 Å². The Bertz CT molecular complexity index is 608. The Labute approximate surface area is 137 Å². The summed E-state index contributed by atoms with van der Waals surface area (Å²) in [5, 5.41) is 9.27. The van der Waals surface area contributed by atoms with Gasteiger partial charge in [-0.3, -0.25) is 14.5 Å². The van der Waals surface area contributed by atoms with Gasteiger partial charge in [0.2, 0.25) is 0 Å². The third-order valence-corrected chi connectivity index (χ3v) is 4.30. The van der Waals surface area contributed by atoms with Gasteiger partial charge in [0.05, 0.1) is 6.07 Å². The van der Waals surface area contributed by atoms with Crippen molar-refractivity contribution in [1.29, 1.82) is 5.26 Å². The van der Waals surface area contributed by atoms with E-state index in [1.165, 1.54) is 6.92 Å². The van der Waals surface area contributed by atoms with Gasteiger partial charge in [-0.15, -0.1) is 0 Å². The molecule has 1 unspecified atom stereocenters. The van der Waals surface area contributed by atoms with E-state index in [0.29, 0.717) is 37.3 Å². The molecule has 0 spiro atoms. The molecule has 0 aliphatic carbocycles. The fourth-order valence-electron chi connectivity index (χ4n) is 2.89. The molecule has 1 aromatic rings. The van der Waals surface area contributed by atoms with E-state index in [1.54, 1.807) is 24.3 Å². The van der Waals surface area contributed by atoms with Crippen LogP contribution >= 0.6 is 0 Å². The minimum atomic E-state index is -0.0953. The van der Waals surface area contributed by atoms with Crippen molar-refractivity contribution in [2.45, 2.75) is 26.8 Å². The van der Waals surface area contributed by atoms with E-state index in [-0.39, 0.29) is 23.7 Å². The van der Waals surface area contributed by atoms with Gasteiger partial charge in [0.15, 0.2) is 5.78 Å². The fourth-order valence-corrected chi connectivity index (χ4v) is 2.89. The first-order chi connectivity index (χ1) is 10.9. The first-order valence-electron chi connectivity index (χ1n) is 7.98. The fraction of sp³-hybridized carbons (Fsp3) is 0.500. The van der Waals surface area contributed by atoms with Gasteiger partial charge in [0, 0.05) is 37.3 Å². The molecular formula is C18H23N3O2. The van der Waals surface area contributed by atoms with E-state index in [9.17, 15) is 14.9 Å². The summed E-state index contributed by atoms with van der Waals surface area (Å²) in [6, 6.07) is 9.05. The molecule has 0 bridgehead atoms. The summed E-state index contributed by atoms with van der Waals surface area (Å²) in [5.41, 5.74) is 1.21. The number of carbonyl (C=O) groups excluding carboxylic acids is 2. The van der Waals surface area contributed by atoms with E-state index in [1.807, 2.05) is 18.7 Å². The van der Waals surface area contributed by atoms with Crippen LogP contribution in [0.1, 0.15) is 41.5 Å². The van der Waals surface area contributed by atoms with Crippen molar-refractivity contribution < 1.29 is 9.59 Å². The van der Waals surface area contributed by atoms with Gasteiger partial charge >= 0.3 is 0 Å². The maximum Gasteiger partial charge on any atom is 0.253 e. The highest BCUT2D eigenvalue weighted by Gasteiger charge is 2.28. The lowest BCUT2D eigenvalue weighted by molar-refractivity contribution is 0.0576. The first kappa shape index (κ1) is 17.2. The quantitative estimate of drug-likeness (QED) is 0.799. The Morgan fingerprint density at radius 1 is 1.04 bits per heavy atom. The largest absolute Gasteiger partial charge is 0.336 e. The number of nitrogens with zero attached hydrogens (tertiary/aromatic N) is 3. The van der Waals surface area contributed by atoms with Gasteiger partial charge in [-0.25, -0.2) is 0 Å². The molecule has 5 heteroatoms. The summed E-state index contributed by atoms with van der Waals surface area (Å²) in [7, 11) is 0. The SMILES string of the molecule is CC(=O)c1ccc(C(=O)N2CCN(C(C#N)C(C)C)CC2)cc1. The van der Waals surface area contributed by atoms with Crippen molar-refractivity contribution in [3.05, 3.63) is 35.4 Å². The Kier molecular flexibility index (Phi) is 5.51. The predicted molar refractivity (Wildman–Crippen MR) is 88.2 cm³/mol. The molecule has 0 saturated carbocycles. The lowest BCUT2D eigenvalue weighted by Gasteiger charge is -2.38. The van der Waals surface area contributed by atoms with Crippen LogP contribution in [0.2, 0.25) is 0 Å².